The zero-order chi connectivity index (χ0) is 16.5. The van der Waals surface area contributed by atoms with Crippen molar-refractivity contribution in [1.82, 2.24) is 9.80 Å². The summed E-state index contributed by atoms with van der Waals surface area (Å²) in [5.41, 5.74) is 8.70. The third-order valence-corrected chi connectivity index (χ3v) is 4.97. The molecule has 2 aromatic rings. The molecule has 1 saturated heterocycles. The highest BCUT2D eigenvalue weighted by Gasteiger charge is 2.26. The highest BCUT2D eigenvalue weighted by molar-refractivity contribution is 5.91. The Kier molecular flexibility index (Phi) is 4.12. The van der Waals surface area contributed by atoms with Crippen LogP contribution < -0.4 is 5.73 Å². The molecular weight excluding hydrogens is 302 g/mol. The largest absolute Gasteiger partial charge is 0.455 e. The van der Waals surface area contributed by atoms with Crippen LogP contribution in [0.5, 0.6) is 0 Å². The molecule has 5 nitrogen and oxygen atoms in total. The summed E-state index contributed by atoms with van der Waals surface area (Å²) in [6, 6.07) is 12.4. The van der Waals surface area contributed by atoms with E-state index in [-0.39, 0.29) is 11.9 Å². The molecule has 5 heteroatoms. The summed E-state index contributed by atoms with van der Waals surface area (Å²) >= 11 is 0. The zero-order valence-electron chi connectivity index (χ0n) is 13.8. The van der Waals surface area contributed by atoms with E-state index in [0.717, 1.165) is 44.8 Å². The van der Waals surface area contributed by atoms with Crippen molar-refractivity contribution >= 4 is 5.91 Å². The van der Waals surface area contributed by atoms with Crippen LogP contribution in [0.3, 0.4) is 0 Å². The number of carbonyl (C=O) groups excluding carboxylic acids is 1. The lowest BCUT2D eigenvalue weighted by Crippen LogP contribution is -2.31. The molecule has 0 saturated carbocycles. The predicted molar refractivity (Wildman–Crippen MR) is 91.5 cm³/mol. The first-order valence-corrected chi connectivity index (χ1v) is 8.62. The number of nitrogens with two attached hydrogens (primary N) is 1. The molecule has 0 unspecified atom stereocenters. The summed E-state index contributed by atoms with van der Waals surface area (Å²) in [7, 11) is 0. The summed E-state index contributed by atoms with van der Waals surface area (Å²) in [5.74, 6) is 1.23. The lowest BCUT2D eigenvalue weighted by Gasteiger charge is -2.27. The van der Waals surface area contributed by atoms with Gasteiger partial charge in [-0.2, -0.15) is 0 Å². The average Bonchev–Trinajstić information content (AvgIpc) is 3.23. The average molecular weight is 325 g/mol. The maximum atomic E-state index is 12.4. The third kappa shape index (κ3) is 3.09. The van der Waals surface area contributed by atoms with Gasteiger partial charge in [0, 0.05) is 32.2 Å². The number of benzene rings is 1. The highest BCUT2D eigenvalue weighted by Crippen LogP contribution is 2.21. The summed E-state index contributed by atoms with van der Waals surface area (Å²) in [6.07, 6.45) is 1.93. The minimum atomic E-state index is -0.0433. The standard InChI is InChI=1S/C19H23N3O2/c20-16-8-10-22(12-16)19(23)18-6-5-17(24-18)13-21-9-7-14-3-1-2-4-15(14)11-21/h1-6,16H,7-13,20H2/t16-/m1/s1. The Morgan fingerprint density at radius 3 is 2.79 bits per heavy atom. The number of likely N-dealkylation sites (tertiary alicyclic amines) is 1. The van der Waals surface area contributed by atoms with E-state index < -0.39 is 0 Å². The molecule has 2 N–H and O–H groups in total. The van der Waals surface area contributed by atoms with Crippen LogP contribution in [0.1, 0.15) is 33.9 Å². The second-order valence-corrected chi connectivity index (χ2v) is 6.80. The maximum absolute atomic E-state index is 12.4. The normalized spacial score (nSPS) is 21.0. The molecule has 3 heterocycles. The number of rotatable bonds is 3. The van der Waals surface area contributed by atoms with Crippen LogP contribution in [0, 0.1) is 0 Å². The Morgan fingerprint density at radius 2 is 2.00 bits per heavy atom. The first-order chi connectivity index (χ1) is 11.7. The van der Waals surface area contributed by atoms with Gasteiger partial charge in [-0.05, 0) is 36.1 Å². The van der Waals surface area contributed by atoms with Crippen LogP contribution in [0.15, 0.2) is 40.8 Å². The van der Waals surface area contributed by atoms with Crippen molar-refractivity contribution in [2.75, 3.05) is 19.6 Å². The minimum absolute atomic E-state index is 0.0433. The third-order valence-electron chi connectivity index (χ3n) is 4.97. The predicted octanol–water partition coefficient (Wildman–Crippen LogP) is 2.01. The molecule has 0 spiro atoms. The quantitative estimate of drug-likeness (QED) is 0.938. The Morgan fingerprint density at radius 1 is 1.17 bits per heavy atom. The number of nitrogens with zero attached hydrogens (tertiary/aromatic N) is 2. The molecule has 1 atom stereocenters. The lowest BCUT2D eigenvalue weighted by molar-refractivity contribution is 0.0755. The Bertz CT molecular complexity index is 740. The second kappa shape index (κ2) is 6.42. The Balaban J connectivity index is 1.40. The van der Waals surface area contributed by atoms with Gasteiger partial charge < -0.3 is 15.1 Å². The molecule has 0 aliphatic carbocycles. The number of furan rings is 1. The summed E-state index contributed by atoms with van der Waals surface area (Å²) in [6.45, 7) is 4.03. The van der Waals surface area contributed by atoms with Gasteiger partial charge >= 0.3 is 0 Å². The number of fused-ring (bicyclic) bond motifs is 1. The van der Waals surface area contributed by atoms with Gasteiger partial charge in [-0.25, -0.2) is 0 Å². The summed E-state index contributed by atoms with van der Waals surface area (Å²) in [4.78, 5) is 16.6. The summed E-state index contributed by atoms with van der Waals surface area (Å²) in [5, 5.41) is 0. The maximum Gasteiger partial charge on any atom is 0.289 e. The fraction of sp³-hybridized carbons (Fsp3) is 0.421. The van der Waals surface area contributed by atoms with Crippen LogP contribution in [-0.2, 0) is 19.5 Å². The summed E-state index contributed by atoms with van der Waals surface area (Å²) < 4.78 is 5.81. The van der Waals surface area contributed by atoms with E-state index in [9.17, 15) is 4.79 Å². The number of carbonyl (C=O) groups is 1. The van der Waals surface area contributed by atoms with Crippen molar-refractivity contribution < 1.29 is 9.21 Å². The van der Waals surface area contributed by atoms with Gasteiger partial charge in [0.15, 0.2) is 5.76 Å². The Hall–Kier alpha value is -2.11. The number of hydrogen-bond acceptors (Lipinski definition) is 4. The monoisotopic (exact) mass is 325 g/mol. The molecule has 4 rings (SSSR count). The van der Waals surface area contributed by atoms with Crippen LogP contribution in [0.2, 0.25) is 0 Å². The molecule has 24 heavy (non-hydrogen) atoms. The zero-order valence-corrected chi connectivity index (χ0v) is 13.8. The van der Waals surface area contributed by atoms with Crippen LogP contribution >= 0.6 is 0 Å². The van der Waals surface area contributed by atoms with Gasteiger partial charge in [0.1, 0.15) is 5.76 Å². The van der Waals surface area contributed by atoms with Gasteiger partial charge in [0.25, 0.3) is 5.91 Å². The molecule has 1 fully saturated rings. The molecule has 1 aromatic carbocycles. The van der Waals surface area contributed by atoms with E-state index >= 15 is 0 Å². The first kappa shape index (κ1) is 15.4. The Labute approximate surface area is 142 Å². The van der Waals surface area contributed by atoms with Crippen molar-refractivity contribution in [2.45, 2.75) is 32.0 Å². The fourth-order valence-electron chi connectivity index (χ4n) is 3.61. The SMILES string of the molecule is N[C@@H]1CCN(C(=O)c2ccc(CN3CCc4ccccc4C3)o2)C1. The van der Waals surface area contributed by atoms with Gasteiger partial charge in [-0.3, -0.25) is 9.69 Å². The first-order valence-electron chi connectivity index (χ1n) is 8.62. The lowest BCUT2D eigenvalue weighted by atomic mass is 10.00. The molecule has 0 radical (unpaired) electrons. The van der Waals surface area contributed by atoms with Crippen molar-refractivity contribution in [2.24, 2.45) is 5.73 Å². The van der Waals surface area contributed by atoms with Crippen molar-refractivity contribution in [3.63, 3.8) is 0 Å². The molecule has 2 aliphatic rings. The van der Waals surface area contributed by atoms with E-state index in [0.29, 0.717) is 12.3 Å². The van der Waals surface area contributed by atoms with Crippen molar-refractivity contribution in [3.8, 4) is 0 Å². The minimum Gasteiger partial charge on any atom is -0.455 e. The number of hydrogen-bond donors (Lipinski definition) is 1. The van der Waals surface area contributed by atoms with E-state index in [1.165, 1.54) is 11.1 Å². The fourth-order valence-corrected chi connectivity index (χ4v) is 3.61. The van der Waals surface area contributed by atoms with Crippen molar-refractivity contribution in [3.05, 3.63) is 59.0 Å². The molecule has 1 amide bonds. The molecular formula is C19H23N3O2. The van der Waals surface area contributed by atoms with Gasteiger partial charge in [0.2, 0.25) is 0 Å². The van der Waals surface area contributed by atoms with Gasteiger partial charge in [-0.15, -0.1) is 0 Å². The van der Waals surface area contributed by atoms with E-state index in [4.69, 9.17) is 10.2 Å². The van der Waals surface area contributed by atoms with Gasteiger partial charge in [0.05, 0.1) is 6.54 Å². The van der Waals surface area contributed by atoms with Crippen LogP contribution in [-0.4, -0.2) is 41.4 Å². The highest BCUT2D eigenvalue weighted by atomic mass is 16.4. The van der Waals surface area contributed by atoms with Gasteiger partial charge in [-0.1, -0.05) is 24.3 Å². The van der Waals surface area contributed by atoms with Crippen LogP contribution in [0.4, 0.5) is 0 Å². The van der Waals surface area contributed by atoms with E-state index in [2.05, 4.69) is 29.2 Å². The topological polar surface area (TPSA) is 62.7 Å². The molecule has 2 aliphatic heterocycles. The second-order valence-electron chi connectivity index (χ2n) is 6.80. The smallest absolute Gasteiger partial charge is 0.289 e. The van der Waals surface area contributed by atoms with E-state index in [1.807, 2.05) is 6.07 Å². The van der Waals surface area contributed by atoms with Crippen molar-refractivity contribution in [1.29, 1.82) is 0 Å². The number of amides is 1. The molecule has 0 bridgehead atoms. The molecule has 126 valence electrons. The van der Waals surface area contributed by atoms with E-state index in [1.54, 1.807) is 11.0 Å². The molecule has 1 aromatic heterocycles. The van der Waals surface area contributed by atoms with Crippen LogP contribution in [0.25, 0.3) is 0 Å².